The summed E-state index contributed by atoms with van der Waals surface area (Å²) in [6.45, 7) is 1.09. The van der Waals surface area contributed by atoms with Crippen LogP contribution in [0.3, 0.4) is 0 Å². The van der Waals surface area contributed by atoms with E-state index in [-0.39, 0.29) is 29.2 Å². The van der Waals surface area contributed by atoms with Crippen molar-refractivity contribution in [3.63, 3.8) is 0 Å². The molecule has 0 radical (unpaired) electrons. The third kappa shape index (κ3) is 5.35. The maximum absolute atomic E-state index is 12.3. The van der Waals surface area contributed by atoms with Crippen molar-refractivity contribution in [1.82, 2.24) is 26.1 Å². The molecule has 10 nitrogen and oxygen atoms in total. The second-order valence-electron chi connectivity index (χ2n) is 8.25. The van der Waals surface area contributed by atoms with E-state index >= 15 is 0 Å². The van der Waals surface area contributed by atoms with Gasteiger partial charge in [-0.15, -0.1) is 0 Å². The Bertz CT molecular complexity index is 837. The lowest BCUT2D eigenvalue weighted by atomic mass is 9.91. The fourth-order valence-electron chi connectivity index (χ4n) is 4.01. The van der Waals surface area contributed by atoms with Gasteiger partial charge in [0.25, 0.3) is 5.56 Å². The summed E-state index contributed by atoms with van der Waals surface area (Å²) in [5.41, 5.74) is 0.106. The number of H-pyrrole nitrogens is 1. The summed E-state index contributed by atoms with van der Waals surface area (Å²) in [7, 11) is 0. The summed E-state index contributed by atoms with van der Waals surface area (Å²) in [5, 5.41) is 15.0. The van der Waals surface area contributed by atoms with Crippen LogP contribution >= 0.6 is 11.6 Å². The van der Waals surface area contributed by atoms with E-state index in [0.29, 0.717) is 31.2 Å². The molecule has 3 aliphatic rings. The predicted molar refractivity (Wildman–Crippen MR) is 111 cm³/mol. The normalized spacial score (nSPS) is 26.2. The molecule has 4 rings (SSSR count). The van der Waals surface area contributed by atoms with Gasteiger partial charge in [-0.25, -0.2) is 14.7 Å². The number of carbonyl (C=O) groups excluding carboxylic acids is 2. The first-order valence-electron chi connectivity index (χ1n) is 10.5. The van der Waals surface area contributed by atoms with Crippen LogP contribution in [0.1, 0.15) is 44.9 Å². The number of hydrogen-bond donors (Lipinski definition) is 4. The Kier molecular flexibility index (Phi) is 6.31. The van der Waals surface area contributed by atoms with Gasteiger partial charge in [0.05, 0.1) is 18.4 Å². The number of ether oxygens (including phenoxy) is 1. The van der Waals surface area contributed by atoms with Gasteiger partial charge in [0.2, 0.25) is 0 Å². The number of halogens is 1. The first-order valence-corrected chi connectivity index (χ1v) is 10.9. The third-order valence-electron chi connectivity index (χ3n) is 5.83. The van der Waals surface area contributed by atoms with Crippen LogP contribution in [-0.2, 0) is 4.74 Å². The number of nitrogens with one attached hydrogen (secondary N) is 4. The fourth-order valence-corrected chi connectivity index (χ4v) is 4.22. The minimum Gasteiger partial charge on any atom is -0.444 e. The quantitative estimate of drug-likeness (QED) is 0.551. The first-order chi connectivity index (χ1) is 14.5. The van der Waals surface area contributed by atoms with Crippen LogP contribution in [-0.4, -0.2) is 59.6 Å². The summed E-state index contributed by atoms with van der Waals surface area (Å²) in [6.07, 6.45) is 6.85. The molecule has 11 heteroatoms. The topological polar surface area (TPSA) is 128 Å². The molecule has 1 aromatic heterocycles. The van der Waals surface area contributed by atoms with Crippen molar-refractivity contribution >= 4 is 29.4 Å². The Morgan fingerprint density at radius 1 is 1.03 bits per heavy atom. The van der Waals surface area contributed by atoms with Gasteiger partial charge in [-0.2, -0.15) is 5.10 Å². The van der Waals surface area contributed by atoms with E-state index in [1.54, 1.807) is 0 Å². The van der Waals surface area contributed by atoms with Gasteiger partial charge >= 0.3 is 12.1 Å². The van der Waals surface area contributed by atoms with Crippen molar-refractivity contribution < 1.29 is 14.3 Å². The number of carbonyl (C=O) groups is 2. The van der Waals surface area contributed by atoms with E-state index in [1.807, 2.05) is 4.90 Å². The number of alkyl carbamates (subject to hydrolysis) is 1. The molecule has 0 bridgehead atoms. The highest BCUT2D eigenvalue weighted by Gasteiger charge is 2.30. The highest BCUT2D eigenvalue weighted by molar-refractivity contribution is 6.33. The van der Waals surface area contributed by atoms with E-state index in [9.17, 15) is 14.4 Å². The summed E-state index contributed by atoms with van der Waals surface area (Å²) in [5.74, 6) is 0. The Morgan fingerprint density at radius 2 is 1.63 bits per heavy atom. The Hall–Kier alpha value is -2.49. The van der Waals surface area contributed by atoms with Crippen molar-refractivity contribution in [2.45, 2.75) is 69.2 Å². The monoisotopic (exact) mass is 438 g/mol. The van der Waals surface area contributed by atoms with Crippen LogP contribution in [0, 0.1) is 0 Å². The summed E-state index contributed by atoms with van der Waals surface area (Å²) < 4.78 is 5.56. The molecule has 0 unspecified atom stereocenters. The zero-order valence-electron chi connectivity index (χ0n) is 16.7. The van der Waals surface area contributed by atoms with Gasteiger partial charge in [0.1, 0.15) is 11.1 Å². The zero-order valence-corrected chi connectivity index (χ0v) is 17.4. The molecule has 2 heterocycles. The number of amides is 3. The number of hydrogen-bond acceptors (Lipinski definition) is 6. The Labute approximate surface area is 179 Å². The van der Waals surface area contributed by atoms with Crippen LogP contribution in [0.5, 0.6) is 0 Å². The predicted octanol–water partition coefficient (Wildman–Crippen LogP) is 1.50. The van der Waals surface area contributed by atoms with Crippen molar-refractivity contribution in [2.75, 3.05) is 18.0 Å². The van der Waals surface area contributed by atoms with Crippen LogP contribution < -0.4 is 26.4 Å². The molecule has 2 aliphatic carbocycles. The fraction of sp³-hybridized carbons (Fsp3) is 0.684. The average molecular weight is 439 g/mol. The molecule has 3 amide bonds. The number of aromatic amines is 1. The molecule has 3 fully saturated rings. The van der Waals surface area contributed by atoms with Crippen LogP contribution in [0.2, 0.25) is 5.02 Å². The maximum atomic E-state index is 12.3. The number of nitrogens with zero attached hydrogens (tertiary/aromatic N) is 2. The SMILES string of the molecule is O=C(NC1CC1)N[C@H]1CC[C@@H](NC(=O)O[C@@H]2CCN(c3cn[nH]c(=O)c3Cl)C2)CC1. The van der Waals surface area contributed by atoms with Gasteiger partial charge in [0, 0.05) is 31.1 Å². The highest BCUT2D eigenvalue weighted by Crippen LogP contribution is 2.26. The molecule has 1 aromatic rings. The van der Waals surface area contributed by atoms with Gasteiger partial charge in [-0.1, -0.05) is 11.6 Å². The molecule has 30 heavy (non-hydrogen) atoms. The molecule has 0 spiro atoms. The molecule has 1 atom stereocenters. The van der Waals surface area contributed by atoms with Gasteiger partial charge in [-0.05, 0) is 38.5 Å². The van der Waals surface area contributed by atoms with E-state index in [4.69, 9.17) is 16.3 Å². The molecule has 1 aliphatic heterocycles. The second-order valence-corrected chi connectivity index (χ2v) is 8.62. The Balaban J connectivity index is 1.17. The van der Waals surface area contributed by atoms with Crippen molar-refractivity contribution in [3.05, 3.63) is 21.6 Å². The molecule has 2 saturated carbocycles. The van der Waals surface area contributed by atoms with Gasteiger partial charge in [0.15, 0.2) is 0 Å². The zero-order chi connectivity index (χ0) is 21.1. The highest BCUT2D eigenvalue weighted by atomic mass is 35.5. The largest absolute Gasteiger partial charge is 0.444 e. The maximum Gasteiger partial charge on any atom is 0.407 e. The Morgan fingerprint density at radius 3 is 2.27 bits per heavy atom. The lowest BCUT2D eigenvalue weighted by Gasteiger charge is -2.29. The average Bonchev–Trinajstić information content (AvgIpc) is 3.41. The van der Waals surface area contributed by atoms with E-state index in [2.05, 4.69) is 26.1 Å². The van der Waals surface area contributed by atoms with Crippen LogP contribution in [0.15, 0.2) is 11.0 Å². The lowest BCUT2D eigenvalue weighted by molar-refractivity contribution is 0.102. The number of aromatic nitrogens is 2. The number of rotatable bonds is 5. The van der Waals surface area contributed by atoms with Crippen molar-refractivity contribution in [2.24, 2.45) is 0 Å². The van der Waals surface area contributed by atoms with E-state index < -0.39 is 11.7 Å². The first kappa shape index (κ1) is 20.8. The second kappa shape index (κ2) is 9.11. The smallest absolute Gasteiger partial charge is 0.407 e. The van der Waals surface area contributed by atoms with Crippen LogP contribution in [0.25, 0.3) is 0 Å². The molecular formula is C19H27ClN6O4. The van der Waals surface area contributed by atoms with Crippen molar-refractivity contribution in [1.29, 1.82) is 0 Å². The third-order valence-corrected chi connectivity index (χ3v) is 6.20. The molecule has 0 aromatic carbocycles. The van der Waals surface area contributed by atoms with E-state index in [0.717, 1.165) is 38.5 Å². The van der Waals surface area contributed by atoms with Crippen molar-refractivity contribution in [3.8, 4) is 0 Å². The summed E-state index contributed by atoms with van der Waals surface area (Å²) >= 11 is 6.05. The van der Waals surface area contributed by atoms with E-state index in [1.165, 1.54) is 6.20 Å². The van der Waals surface area contributed by atoms with Crippen LogP contribution in [0.4, 0.5) is 15.3 Å². The minimum absolute atomic E-state index is 0.0471. The number of urea groups is 1. The van der Waals surface area contributed by atoms with Gasteiger partial charge in [-0.3, -0.25) is 4.79 Å². The molecule has 164 valence electrons. The minimum atomic E-state index is -0.439. The molecule has 1 saturated heterocycles. The summed E-state index contributed by atoms with van der Waals surface area (Å²) in [6, 6.07) is 0.452. The summed E-state index contributed by atoms with van der Waals surface area (Å²) in [4.78, 5) is 37.6. The molecule has 4 N–H and O–H groups in total. The van der Waals surface area contributed by atoms with Gasteiger partial charge < -0.3 is 25.6 Å². The molecular weight excluding hydrogens is 412 g/mol. The number of anilines is 1. The standard InChI is InChI=1S/C19H27ClN6O4/c20-16-15(9-21-25-17(16)27)26-8-7-14(10-26)30-19(29)24-13-5-3-12(4-6-13)23-18(28)22-11-1-2-11/h9,11-14H,1-8,10H2,(H,24,29)(H,25,27)(H2,22,23,28)/t12-,13+,14-/m1/s1. The lowest BCUT2D eigenvalue weighted by Crippen LogP contribution is -2.47.